The molecule has 32 heavy (non-hydrogen) atoms. The summed E-state index contributed by atoms with van der Waals surface area (Å²) in [5.41, 5.74) is 0. The van der Waals surface area contributed by atoms with Crippen LogP contribution in [0.15, 0.2) is 12.2 Å². The highest BCUT2D eigenvalue weighted by Crippen LogP contribution is 1.90. The lowest BCUT2D eigenvalue weighted by atomic mass is 10.2. The Morgan fingerprint density at radius 3 is 1.28 bits per heavy atom. The largest absolute Gasteiger partial charge is 0.461 e. The highest BCUT2D eigenvalue weighted by molar-refractivity contribution is 5.91. The summed E-state index contributed by atoms with van der Waals surface area (Å²) in [4.78, 5) is 68.7. The topological polar surface area (TPSA) is 169 Å². The third kappa shape index (κ3) is 15.4. The Morgan fingerprint density at radius 1 is 0.625 bits per heavy atom. The van der Waals surface area contributed by atoms with Crippen LogP contribution in [0.4, 0.5) is 0 Å². The van der Waals surface area contributed by atoms with E-state index in [1.807, 2.05) is 0 Å². The maximum absolute atomic E-state index is 11.5. The lowest BCUT2D eigenvalue weighted by Crippen LogP contribution is -2.39. The standard InChI is InChI=1S/C20H32N4O8/c1-13(2)19(29)23-11-15(25)21-7-9-31-17(27)5-6-18(28)32-10-8-22-16(26)12-24-20(30)14(3)4/h5-6,13-14H,7-12H2,1-4H3,(H,21,25)(H,22,26)(H,23,29)(H,24,30)/b6-5+. The third-order valence-electron chi connectivity index (χ3n) is 3.59. The van der Waals surface area contributed by atoms with Gasteiger partial charge in [0, 0.05) is 24.0 Å². The Kier molecular flexibility index (Phi) is 14.5. The van der Waals surface area contributed by atoms with Crippen LogP contribution in [0.1, 0.15) is 27.7 Å². The zero-order chi connectivity index (χ0) is 24.5. The Bertz CT molecular complexity index is 646. The predicted molar refractivity (Wildman–Crippen MR) is 113 cm³/mol. The Morgan fingerprint density at radius 2 is 0.969 bits per heavy atom. The van der Waals surface area contributed by atoms with E-state index in [9.17, 15) is 28.8 Å². The van der Waals surface area contributed by atoms with Crippen molar-refractivity contribution in [3.8, 4) is 0 Å². The Labute approximate surface area is 186 Å². The Hall–Kier alpha value is -3.44. The van der Waals surface area contributed by atoms with E-state index in [1.54, 1.807) is 27.7 Å². The fourth-order valence-electron chi connectivity index (χ4n) is 1.78. The molecule has 0 spiro atoms. The monoisotopic (exact) mass is 456 g/mol. The molecule has 0 unspecified atom stereocenters. The molecule has 0 aromatic heterocycles. The van der Waals surface area contributed by atoms with Gasteiger partial charge in [-0.25, -0.2) is 9.59 Å². The molecule has 180 valence electrons. The number of carbonyl (C=O) groups is 6. The minimum absolute atomic E-state index is 0.0394. The minimum Gasteiger partial charge on any atom is -0.461 e. The van der Waals surface area contributed by atoms with E-state index < -0.39 is 23.8 Å². The number of carbonyl (C=O) groups excluding carboxylic acids is 6. The van der Waals surface area contributed by atoms with Crippen LogP contribution in [-0.4, -0.2) is 75.0 Å². The molecule has 0 rings (SSSR count). The van der Waals surface area contributed by atoms with E-state index in [2.05, 4.69) is 21.3 Å². The van der Waals surface area contributed by atoms with Gasteiger partial charge in [0.05, 0.1) is 26.2 Å². The smallest absolute Gasteiger partial charge is 0.331 e. The molecule has 0 radical (unpaired) electrons. The molecular weight excluding hydrogens is 424 g/mol. The van der Waals surface area contributed by atoms with E-state index in [0.717, 1.165) is 12.2 Å². The van der Waals surface area contributed by atoms with Crippen molar-refractivity contribution in [3.05, 3.63) is 12.2 Å². The normalized spacial score (nSPS) is 10.6. The van der Waals surface area contributed by atoms with Gasteiger partial charge in [-0.3, -0.25) is 19.2 Å². The molecule has 0 saturated heterocycles. The first-order chi connectivity index (χ1) is 15.0. The van der Waals surface area contributed by atoms with Crippen LogP contribution >= 0.6 is 0 Å². The molecule has 0 aromatic rings. The van der Waals surface area contributed by atoms with E-state index in [1.165, 1.54) is 0 Å². The molecule has 0 aliphatic heterocycles. The quantitative estimate of drug-likeness (QED) is 0.138. The average Bonchev–Trinajstić information content (AvgIpc) is 2.74. The molecule has 12 nitrogen and oxygen atoms in total. The number of nitrogens with one attached hydrogen (secondary N) is 4. The number of rotatable bonds is 14. The minimum atomic E-state index is -0.807. The van der Waals surface area contributed by atoms with Crippen molar-refractivity contribution in [2.45, 2.75) is 27.7 Å². The zero-order valence-corrected chi connectivity index (χ0v) is 18.8. The molecule has 0 atom stereocenters. The molecule has 0 heterocycles. The van der Waals surface area contributed by atoms with Crippen LogP contribution in [0.25, 0.3) is 0 Å². The van der Waals surface area contributed by atoms with Gasteiger partial charge in [-0.2, -0.15) is 0 Å². The molecule has 0 saturated carbocycles. The highest BCUT2D eigenvalue weighted by atomic mass is 16.5. The highest BCUT2D eigenvalue weighted by Gasteiger charge is 2.10. The number of esters is 2. The first-order valence-electron chi connectivity index (χ1n) is 10.1. The van der Waals surface area contributed by atoms with Crippen molar-refractivity contribution in [3.63, 3.8) is 0 Å². The first-order valence-corrected chi connectivity index (χ1v) is 10.1. The summed E-state index contributed by atoms with van der Waals surface area (Å²) in [6, 6.07) is 0. The van der Waals surface area contributed by atoms with Crippen LogP contribution in [0.3, 0.4) is 0 Å². The van der Waals surface area contributed by atoms with Crippen molar-refractivity contribution >= 4 is 35.6 Å². The molecule has 0 aliphatic carbocycles. The molecule has 4 N–H and O–H groups in total. The van der Waals surface area contributed by atoms with E-state index in [0.29, 0.717) is 0 Å². The van der Waals surface area contributed by atoms with Crippen LogP contribution < -0.4 is 21.3 Å². The van der Waals surface area contributed by atoms with E-state index in [-0.39, 0.29) is 63.0 Å². The van der Waals surface area contributed by atoms with Crippen molar-refractivity contribution in [2.75, 3.05) is 39.4 Å². The number of hydrogen-bond donors (Lipinski definition) is 4. The maximum Gasteiger partial charge on any atom is 0.331 e. The predicted octanol–water partition coefficient (Wildman–Crippen LogP) is -1.59. The van der Waals surface area contributed by atoms with Crippen LogP contribution in [0, 0.1) is 11.8 Å². The first kappa shape index (κ1) is 28.6. The summed E-state index contributed by atoms with van der Waals surface area (Å²) in [5.74, 6) is -3.43. The van der Waals surface area contributed by atoms with Crippen LogP contribution in [0.5, 0.6) is 0 Å². The van der Waals surface area contributed by atoms with E-state index in [4.69, 9.17) is 9.47 Å². The number of ether oxygens (including phenoxy) is 2. The van der Waals surface area contributed by atoms with Gasteiger partial charge in [-0.1, -0.05) is 27.7 Å². The van der Waals surface area contributed by atoms with Gasteiger partial charge in [-0.05, 0) is 0 Å². The summed E-state index contributed by atoms with van der Waals surface area (Å²) in [6.07, 6.45) is 1.74. The van der Waals surface area contributed by atoms with Gasteiger partial charge in [0.1, 0.15) is 13.2 Å². The molecule has 0 aliphatic rings. The van der Waals surface area contributed by atoms with Gasteiger partial charge in [0.25, 0.3) is 0 Å². The van der Waals surface area contributed by atoms with Crippen molar-refractivity contribution in [1.82, 2.24) is 21.3 Å². The van der Waals surface area contributed by atoms with Crippen molar-refractivity contribution in [2.24, 2.45) is 11.8 Å². The second-order valence-corrected chi connectivity index (χ2v) is 7.11. The summed E-state index contributed by atoms with van der Waals surface area (Å²) >= 11 is 0. The SMILES string of the molecule is CC(C)C(=O)NCC(=O)NCCOC(=O)/C=C/C(=O)OCCNC(=O)CNC(=O)C(C)C. The van der Waals surface area contributed by atoms with Crippen molar-refractivity contribution in [1.29, 1.82) is 0 Å². The summed E-state index contributed by atoms with van der Waals surface area (Å²) in [7, 11) is 0. The fourth-order valence-corrected chi connectivity index (χ4v) is 1.78. The average molecular weight is 456 g/mol. The lowest BCUT2D eigenvalue weighted by Gasteiger charge is -2.08. The molecule has 4 amide bonds. The zero-order valence-electron chi connectivity index (χ0n) is 18.8. The van der Waals surface area contributed by atoms with Crippen molar-refractivity contribution < 1.29 is 38.2 Å². The third-order valence-corrected chi connectivity index (χ3v) is 3.59. The van der Waals surface area contributed by atoms with Gasteiger partial charge in [0.2, 0.25) is 23.6 Å². The second kappa shape index (κ2) is 16.3. The molecule has 0 aromatic carbocycles. The van der Waals surface area contributed by atoms with Gasteiger partial charge in [0.15, 0.2) is 0 Å². The van der Waals surface area contributed by atoms with Gasteiger partial charge >= 0.3 is 11.9 Å². The number of hydrogen-bond acceptors (Lipinski definition) is 8. The fraction of sp³-hybridized carbons (Fsp3) is 0.600. The number of amides is 4. The molecule has 0 bridgehead atoms. The second-order valence-electron chi connectivity index (χ2n) is 7.11. The molecule has 12 heteroatoms. The summed E-state index contributed by atoms with van der Waals surface area (Å²) < 4.78 is 9.60. The summed E-state index contributed by atoms with van der Waals surface area (Å²) in [6.45, 7) is 6.28. The lowest BCUT2D eigenvalue weighted by molar-refractivity contribution is -0.140. The summed E-state index contributed by atoms with van der Waals surface area (Å²) in [5, 5.41) is 9.80. The van der Waals surface area contributed by atoms with Crippen LogP contribution in [0.2, 0.25) is 0 Å². The van der Waals surface area contributed by atoms with Gasteiger partial charge < -0.3 is 30.7 Å². The van der Waals surface area contributed by atoms with Crippen LogP contribution in [-0.2, 0) is 38.2 Å². The van der Waals surface area contributed by atoms with E-state index >= 15 is 0 Å². The maximum atomic E-state index is 11.5. The Balaban J connectivity index is 3.84. The molecular formula is C20H32N4O8. The van der Waals surface area contributed by atoms with Gasteiger partial charge in [-0.15, -0.1) is 0 Å². The molecule has 0 fully saturated rings.